The maximum absolute atomic E-state index is 11.1. The third-order valence-corrected chi connectivity index (χ3v) is 1.94. The fourth-order valence-electron chi connectivity index (χ4n) is 1.07. The molecular formula is C9H10ClN3O4. The van der Waals surface area contributed by atoms with E-state index >= 15 is 0 Å². The third-order valence-electron chi connectivity index (χ3n) is 1.74. The zero-order valence-corrected chi connectivity index (χ0v) is 9.73. The van der Waals surface area contributed by atoms with Crippen LogP contribution < -0.4 is 5.32 Å². The van der Waals surface area contributed by atoms with Gasteiger partial charge < -0.3 is 10.1 Å². The van der Waals surface area contributed by atoms with Crippen molar-refractivity contribution in [1.82, 2.24) is 4.98 Å². The molecule has 0 aliphatic heterocycles. The van der Waals surface area contributed by atoms with Gasteiger partial charge in [-0.25, -0.2) is 4.98 Å². The highest BCUT2D eigenvalue weighted by atomic mass is 35.5. The Hall–Kier alpha value is -1.89. The second-order valence-corrected chi connectivity index (χ2v) is 3.37. The predicted octanol–water partition coefficient (Wildman–Crippen LogP) is 1.62. The third kappa shape index (κ3) is 3.87. The van der Waals surface area contributed by atoms with Gasteiger partial charge in [-0.2, -0.15) is 0 Å². The number of rotatable bonds is 5. The van der Waals surface area contributed by atoms with E-state index < -0.39 is 10.9 Å². The van der Waals surface area contributed by atoms with Crippen molar-refractivity contribution in [1.29, 1.82) is 0 Å². The molecule has 1 aromatic rings. The van der Waals surface area contributed by atoms with Gasteiger partial charge in [-0.3, -0.25) is 14.9 Å². The zero-order valence-electron chi connectivity index (χ0n) is 8.97. The molecule has 0 atom stereocenters. The van der Waals surface area contributed by atoms with E-state index in [9.17, 15) is 14.9 Å². The summed E-state index contributed by atoms with van der Waals surface area (Å²) in [4.78, 5) is 24.9. The first-order valence-corrected chi connectivity index (χ1v) is 5.11. The number of halogens is 1. The molecule has 1 rings (SSSR count). The van der Waals surface area contributed by atoms with Crippen LogP contribution in [0.3, 0.4) is 0 Å². The summed E-state index contributed by atoms with van der Waals surface area (Å²) in [6.45, 7) is 1.72. The minimum atomic E-state index is -0.633. The normalized spacial score (nSPS) is 9.76. The van der Waals surface area contributed by atoms with E-state index in [1.165, 1.54) is 6.20 Å². The molecule has 0 spiro atoms. The summed E-state index contributed by atoms with van der Waals surface area (Å²) in [5.74, 6) is -0.536. The Morgan fingerprint density at radius 1 is 1.71 bits per heavy atom. The van der Waals surface area contributed by atoms with Crippen molar-refractivity contribution < 1.29 is 14.5 Å². The number of carbonyl (C=O) groups excluding carboxylic acids is 1. The molecule has 1 N–H and O–H groups in total. The average Bonchev–Trinajstić information content (AvgIpc) is 2.27. The van der Waals surface area contributed by atoms with Crippen molar-refractivity contribution in [3.63, 3.8) is 0 Å². The van der Waals surface area contributed by atoms with Crippen molar-refractivity contribution in [3.05, 3.63) is 27.4 Å². The summed E-state index contributed by atoms with van der Waals surface area (Å²) in [6.07, 6.45) is 1.25. The SMILES string of the molecule is CCOC(=O)CNc1ncc(Cl)cc1[N+](=O)[O-]. The van der Waals surface area contributed by atoms with E-state index in [0.29, 0.717) is 0 Å². The van der Waals surface area contributed by atoms with Gasteiger partial charge in [0.05, 0.1) is 16.6 Å². The minimum Gasteiger partial charge on any atom is -0.465 e. The Morgan fingerprint density at radius 3 is 3.00 bits per heavy atom. The van der Waals surface area contributed by atoms with Crippen LogP contribution in [0.4, 0.5) is 11.5 Å². The highest BCUT2D eigenvalue weighted by molar-refractivity contribution is 6.30. The number of nitrogens with one attached hydrogen (secondary N) is 1. The topological polar surface area (TPSA) is 94.4 Å². The molecule has 0 aliphatic rings. The van der Waals surface area contributed by atoms with E-state index in [-0.39, 0.29) is 29.7 Å². The number of esters is 1. The van der Waals surface area contributed by atoms with Gasteiger partial charge >= 0.3 is 11.7 Å². The molecule has 8 heteroatoms. The molecule has 0 aliphatic carbocycles. The molecule has 0 aromatic carbocycles. The molecule has 1 heterocycles. The highest BCUT2D eigenvalue weighted by Crippen LogP contribution is 2.24. The zero-order chi connectivity index (χ0) is 12.8. The van der Waals surface area contributed by atoms with Crippen LogP contribution in [0.15, 0.2) is 12.3 Å². The number of nitro groups is 1. The lowest BCUT2D eigenvalue weighted by Gasteiger charge is -2.05. The highest BCUT2D eigenvalue weighted by Gasteiger charge is 2.16. The van der Waals surface area contributed by atoms with Crippen molar-refractivity contribution in [2.45, 2.75) is 6.92 Å². The maximum Gasteiger partial charge on any atom is 0.325 e. The quantitative estimate of drug-likeness (QED) is 0.490. The summed E-state index contributed by atoms with van der Waals surface area (Å²) in [7, 11) is 0. The molecule has 0 saturated carbocycles. The number of aromatic nitrogens is 1. The number of pyridine rings is 1. The van der Waals surface area contributed by atoms with Gasteiger partial charge in [-0.15, -0.1) is 0 Å². The van der Waals surface area contributed by atoms with E-state index in [1.807, 2.05) is 0 Å². The van der Waals surface area contributed by atoms with Crippen LogP contribution in [0.1, 0.15) is 6.92 Å². The summed E-state index contributed by atoms with van der Waals surface area (Å²) in [5.41, 5.74) is -0.290. The molecule has 1 aromatic heterocycles. The Balaban J connectivity index is 2.77. The van der Waals surface area contributed by atoms with E-state index in [0.717, 1.165) is 6.07 Å². The van der Waals surface area contributed by atoms with E-state index in [2.05, 4.69) is 15.0 Å². The molecule has 0 fully saturated rings. The van der Waals surface area contributed by atoms with Crippen molar-refractivity contribution >= 4 is 29.1 Å². The van der Waals surface area contributed by atoms with Crippen LogP contribution in [0, 0.1) is 10.1 Å². The Morgan fingerprint density at radius 2 is 2.41 bits per heavy atom. The lowest BCUT2D eigenvalue weighted by molar-refractivity contribution is -0.384. The number of hydrogen-bond donors (Lipinski definition) is 1. The standard InChI is InChI=1S/C9H10ClN3O4/c1-2-17-8(14)5-12-9-7(13(15)16)3-6(10)4-11-9/h3-4H,2,5H2,1H3,(H,11,12). The van der Waals surface area contributed by atoms with E-state index in [1.54, 1.807) is 6.92 Å². The second kappa shape index (κ2) is 6.00. The number of anilines is 1. The Kier molecular flexibility index (Phi) is 4.65. The molecule has 0 radical (unpaired) electrons. The van der Waals surface area contributed by atoms with Gasteiger partial charge in [0.1, 0.15) is 6.54 Å². The number of nitrogens with zero attached hydrogens (tertiary/aromatic N) is 2. The largest absolute Gasteiger partial charge is 0.465 e. The van der Waals surface area contributed by atoms with Gasteiger partial charge in [0.2, 0.25) is 5.82 Å². The van der Waals surface area contributed by atoms with Crippen molar-refractivity contribution in [2.75, 3.05) is 18.5 Å². The number of hydrogen-bond acceptors (Lipinski definition) is 6. The van der Waals surface area contributed by atoms with E-state index in [4.69, 9.17) is 11.6 Å². The fraction of sp³-hybridized carbons (Fsp3) is 0.333. The minimum absolute atomic E-state index is 0.0209. The Labute approximate surface area is 102 Å². The number of carbonyl (C=O) groups is 1. The summed E-state index contributed by atoms with van der Waals surface area (Å²) >= 11 is 5.59. The molecule has 0 bridgehead atoms. The lowest BCUT2D eigenvalue weighted by atomic mass is 10.4. The van der Waals surface area contributed by atoms with Crippen LogP contribution in [-0.4, -0.2) is 29.0 Å². The van der Waals surface area contributed by atoms with Crippen molar-refractivity contribution in [3.8, 4) is 0 Å². The second-order valence-electron chi connectivity index (χ2n) is 2.94. The first-order chi connectivity index (χ1) is 8.04. The molecule has 0 unspecified atom stereocenters. The molecule has 7 nitrogen and oxygen atoms in total. The predicted molar refractivity (Wildman–Crippen MR) is 61.0 cm³/mol. The maximum atomic E-state index is 11.1. The van der Waals surface area contributed by atoms with Gasteiger partial charge in [0, 0.05) is 12.3 Å². The summed E-state index contributed by atoms with van der Waals surface area (Å²) in [5, 5.41) is 13.4. The molecule has 92 valence electrons. The average molecular weight is 260 g/mol. The smallest absolute Gasteiger partial charge is 0.325 e. The summed E-state index contributed by atoms with van der Waals surface area (Å²) < 4.78 is 4.66. The van der Waals surface area contributed by atoms with Gasteiger partial charge in [0.15, 0.2) is 0 Å². The fourth-order valence-corrected chi connectivity index (χ4v) is 1.22. The van der Waals surface area contributed by atoms with Crippen LogP contribution in [0.5, 0.6) is 0 Å². The molecular weight excluding hydrogens is 250 g/mol. The summed E-state index contributed by atoms with van der Waals surface area (Å²) in [6, 6.07) is 1.15. The van der Waals surface area contributed by atoms with Crippen LogP contribution >= 0.6 is 11.6 Å². The first kappa shape index (κ1) is 13.2. The number of ether oxygens (including phenoxy) is 1. The van der Waals surface area contributed by atoms with Gasteiger partial charge in [-0.05, 0) is 6.92 Å². The molecule has 17 heavy (non-hydrogen) atoms. The van der Waals surface area contributed by atoms with Crippen LogP contribution in [0.2, 0.25) is 5.02 Å². The lowest BCUT2D eigenvalue weighted by Crippen LogP contribution is -2.17. The first-order valence-electron chi connectivity index (χ1n) is 4.74. The van der Waals surface area contributed by atoms with Gasteiger partial charge in [-0.1, -0.05) is 11.6 Å². The van der Waals surface area contributed by atoms with Crippen molar-refractivity contribution in [2.24, 2.45) is 0 Å². The molecule has 0 saturated heterocycles. The Bertz CT molecular complexity index is 438. The van der Waals surface area contributed by atoms with Crippen LogP contribution in [0.25, 0.3) is 0 Å². The molecule has 0 amide bonds. The van der Waals surface area contributed by atoms with Gasteiger partial charge in [0.25, 0.3) is 0 Å². The van der Waals surface area contributed by atoms with Crippen LogP contribution in [-0.2, 0) is 9.53 Å². The monoisotopic (exact) mass is 259 g/mol.